The molecule has 0 aliphatic heterocycles. The van der Waals surface area contributed by atoms with Crippen LogP contribution in [0.3, 0.4) is 0 Å². The predicted molar refractivity (Wildman–Crippen MR) is 73.0 cm³/mol. The van der Waals surface area contributed by atoms with Gasteiger partial charge in [-0.05, 0) is 42.2 Å². The van der Waals surface area contributed by atoms with Gasteiger partial charge in [-0.3, -0.25) is 4.79 Å². The van der Waals surface area contributed by atoms with Crippen molar-refractivity contribution in [3.8, 4) is 5.88 Å². The molecule has 1 aliphatic carbocycles. The first-order chi connectivity index (χ1) is 9.01. The van der Waals surface area contributed by atoms with Gasteiger partial charge < -0.3 is 10.5 Å². The standard InChI is InChI=1S/C15H16N2O2/c1-15(14(16)18)7-10-5-9-3-4-13(19-2)17-12(9)6-11(10)8-15/h3-6H,7-8H2,1-2H3,(H2,16,18). The Labute approximate surface area is 111 Å². The molecule has 2 aromatic rings. The van der Waals surface area contributed by atoms with Crippen LogP contribution in [0.2, 0.25) is 0 Å². The van der Waals surface area contributed by atoms with Crippen molar-refractivity contribution in [1.29, 1.82) is 0 Å². The number of methoxy groups -OCH3 is 1. The average Bonchev–Trinajstić information content (AvgIpc) is 2.72. The van der Waals surface area contributed by atoms with Crippen molar-refractivity contribution in [2.45, 2.75) is 19.8 Å². The Hall–Kier alpha value is -2.10. The summed E-state index contributed by atoms with van der Waals surface area (Å²) < 4.78 is 5.14. The number of carbonyl (C=O) groups excluding carboxylic acids is 1. The fourth-order valence-electron chi connectivity index (χ4n) is 2.76. The van der Waals surface area contributed by atoms with E-state index in [4.69, 9.17) is 10.5 Å². The molecule has 0 saturated carbocycles. The van der Waals surface area contributed by atoms with Crippen molar-refractivity contribution in [2.24, 2.45) is 11.1 Å². The largest absolute Gasteiger partial charge is 0.481 e. The van der Waals surface area contributed by atoms with E-state index in [2.05, 4.69) is 11.1 Å². The van der Waals surface area contributed by atoms with Crippen LogP contribution in [-0.4, -0.2) is 18.0 Å². The molecule has 1 aliphatic rings. The number of ether oxygens (including phenoxy) is 1. The van der Waals surface area contributed by atoms with Crippen molar-refractivity contribution in [3.05, 3.63) is 35.4 Å². The fourth-order valence-corrected chi connectivity index (χ4v) is 2.76. The number of carbonyl (C=O) groups is 1. The summed E-state index contributed by atoms with van der Waals surface area (Å²) in [7, 11) is 1.60. The van der Waals surface area contributed by atoms with E-state index in [1.54, 1.807) is 7.11 Å². The van der Waals surface area contributed by atoms with Crippen LogP contribution in [0.4, 0.5) is 0 Å². The first kappa shape index (κ1) is 12.0. The van der Waals surface area contributed by atoms with Crippen molar-refractivity contribution in [2.75, 3.05) is 7.11 Å². The summed E-state index contributed by atoms with van der Waals surface area (Å²) in [5, 5.41) is 1.06. The summed E-state index contributed by atoms with van der Waals surface area (Å²) in [6.45, 7) is 1.92. The van der Waals surface area contributed by atoms with Gasteiger partial charge in [-0.2, -0.15) is 0 Å². The Morgan fingerprint density at radius 1 is 1.32 bits per heavy atom. The van der Waals surface area contributed by atoms with Gasteiger partial charge in [0.1, 0.15) is 0 Å². The second kappa shape index (κ2) is 3.95. The number of pyridine rings is 1. The summed E-state index contributed by atoms with van der Waals surface area (Å²) in [5.74, 6) is 0.362. The van der Waals surface area contributed by atoms with Crippen LogP contribution in [0.1, 0.15) is 18.1 Å². The Kier molecular flexibility index (Phi) is 2.49. The molecule has 3 rings (SSSR count). The molecule has 98 valence electrons. The minimum Gasteiger partial charge on any atom is -0.481 e. The van der Waals surface area contributed by atoms with Crippen LogP contribution < -0.4 is 10.5 Å². The van der Waals surface area contributed by atoms with E-state index in [1.165, 1.54) is 5.56 Å². The van der Waals surface area contributed by atoms with Gasteiger partial charge in [0.15, 0.2) is 0 Å². The molecule has 4 nitrogen and oxygen atoms in total. The number of aromatic nitrogens is 1. The van der Waals surface area contributed by atoms with Crippen LogP contribution in [0.15, 0.2) is 24.3 Å². The number of rotatable bonds is 2. The van der Waals surface area contributed by atoms with Crippen molar-refractivity contribution >= 4 is 16.8 Å². The van der Waals surface area contributed by atoms with Crippen molar-refractivity contribution in [3.63, 3.8) is 0 Å². The number of primary amides is 1. The zero-order valence-corrected chi connectivity index (χ0v) is 11.1. The third kappa shape index (κ3) is 1.84. The van der Waals surface area contributed by atoms with Crippen LogP contribution >= 0.6 is 0 Å². The highest BCUT2D eigenvalue weighted by Gasteiger charge is 2.38. The normalized spacial score (nSPS) is 21.4. The summed E-state index contributed by atoms with van der Waals surface area (Å²) in [4.78, 5) is 16.0. The Morgan fingerprint density at radius 3 is 2.63 bits per heavy atom. The lowest BCUT2D eigenvalue weighted by Gasteiger charge is -2.17. The molecule has 0 bridgehead atoms. The molecule has 2 N–H and O–H groups in total. The fraction of sp³-hybridized carbons (Fsp3) is 0.333. The minimum atomic E-state index is -0.468. The van der Waals surface area contributed by atoms with Gasteiger partial charge in [-0.15, -0.1) is 0 Å². The molecule has 0 saturated heterocycles. The van der Waals surface area contributed by atoms with Crippen molar-refractivity contribution in [1.82, 2.24) is 4.98 Å². The number of hydrogen-bond acceptors (Lipinski definition) is 3. The quantitative estimate of drug-likeness (QED) is 0.891. The Bertz CT molecular complexity index is 681. The number of nitrogens with two attached hydrogens (primary N) is 1. The zero-order chi connectivity index (χ0) is 13.6. The highest BCUT2D eigenvalue weighted by Crippen LogP contribution is 2.38. The Morgan fingerprint density at radius 2 is 2.00 bits per heavy atom. The maximum atomic E-state index is 11.6. The maximum Gasteiger partial charge on any atom is 0.224 e. The second-order valence-electron chi connectivity index (χ2n) is 5.45. The monoisotopic (exact) mass is 256 g/mol. The van der Waals surface area contributed by atoms with Gasteiger partial charge in [-0.1, -0.05) is 6.92 Å². The maximum absolute atomic E-state index is 11.6. The molecule has 1 amide bonds. The topological polar surface area (TPSA) is 65.2 Å². The van der Waals surface area contributed by atoms with E-state index in [1.807, 2.05) is 25.1 Å². The van der Waals surface area contributed by atoms with E-state index in [9.17, 15) is 4.79 Å². The molecule has 0 radical (unpaired) electrons. The molecular weight excluding hydrogens is 240 g/mol. The lowest BCUT2D eigenvalue weighted by molar-refractivity contribution is -0.126. The Balaban J connectivity index is 2.11. The molecule has 19 heavy (non-hydrogen) atoms. The van der Waals surface area contributed by atoms with Gasteiger partial charge in [0.2, 0.25) is 11.8 Å². The minimum absolute atomic E-state index is 0.238. The molecule has 4 heteroatoms. The number of nitrogens with zero attached hydrogens (tertiary/aromatic N) is 1. The van der Waals surface area contributed by atoms with Crippen molar-refractivity contribution < 1.29 is 9.53 Å². The first-order valence-electron chi connectivity index (χ1n) is 6.28. The van der Waals surface area contributed by atoms with Gasteiger partial charge >= 0.3 is 0 Å². The van der Waals surface area contributed by atoms with E-state index in [0.717, 1.165) is 16.5 Å². The lowest BCUT2D eigenvalue weighted by Crippen LogP contribution is -2.34. The molecule has 1 aromatic heterocycles. The number of hydrogen-bond donors (Lipinski definition) is 1. The van der Waals surface area contributed by atoms with Gasteiger partial charge in [0.05, 0.1) is 18.0 Å². The third-order valence-electron chi connectivity index (χ3n) is 3.95. The van der Waals surface area contributed by atoms with Gasteiger partial charge in [0.25, 0.3) is 0 Å². The predicted octanol–water partition coefficient (Wildman–Crippen LogP) is 1.83. The SMILES string of the molecule is COc1ccc2cc3c(cc2n1)CC(C)(C(N)=O)C3. The number of fused-ring (bicyclic) bond motifs is 2. The summed E-state index contributed by atoms with van der Waals surface area (Å²) in [6.07, 6.45) is 1.39. The zero-order valence-electron chi connectivity index (χ0n) is 11.1. The van der Waals surface area contributed by atoms with E-state index >= 15 is 0 Å². The summed E-state index contributed by atoms with van der Waals surface area (Å²) in [6, 6.07) is 7.98. The van der Waals surface area contributed by atoms with Gasteiger partial charge in [0, 0.05) is 11.5 Å². The molecule has 1 aromatic carbocycles. The van der Waals surface area contributed by atoms with E-state index in [-0.39, 0.29) is 5.91 Å². The molecule has 1 heterocycles. The van der Waals surface area contributed by atoms with Crippen LogP contribution in [-0.2, 0) is 17.6 Å². The summed E-state index contributed by atoms with van der Waals surface area (Å²) >= 11 is 0. The number of benzene rings is 1. The second-order valence-corrected chi connectivity index (χ2v) is 5.45. The average molecular weight is 256 g/mol. The van der Waals surface area contributed by atoms with E-state index in [0.29, 0.717) is 18.7 Å². The van der Waals surface area contributed by atoms with Crippen LogP contribution in [0.25, 0.3) is 10.9 Å². The molecule has 1 unspecified atom stereocenters. The highest BCUT2D eigenvalue weighted by atomic mass is 16.5. The molecule has 0 spiro atoms. The number of amides is 1. The lowest BCUT2D eigenvalue weighted by atomic mass is 9.87. The smallest absolute Gasteiger partial charge is 0.224 e. The highest BCUT2D eigenvalue weighted by molar-refractivity contribution is 5.85. The summed E-state index contributed by atoms with van der Waals surface area (Å²) in [5.41, 5.74) is 8.29. The molecule has 0 fully saturated rings. The van der Waals surface area contributed by atoms with Crippen LogP contribution in [0.5, 0.6) is 5.88 Å². The van der Waals surface area contributed by atoms with Crippen LogP contribution in [0, 0.1) is 5.41 Å². The molecule has 1 atom stereocenters. The third-order valence-corrected chi connectivity index (χ3v) is 3.95. The van der Waals surface area contributed by atoms with Gasteiger partial charge in [-0.25, -0.2) is 4.98 Å². The molecular formula is C15H16N2O2. The van der Waals surface area contributed by atoms with E-state index < -0.39 is 5.41 Å². The first-order valence-corrected chi connectivity index (χ1v) is 6.28.